The first kappa shape index (κ1) is 13.5. The van der Waals surface area contributed by atoms with Crippen LogP contribution in [-0.4, -0.2) is 6.54 Å². The van der Waals surface area contributed by atoms with E-state index in [1.165, 1.54) is 15.2 Å². The molecule has 1 nitrogen and oxygen atoms in total. The van der Waals surface area contributed by atoms with E-state index < -0.39 is 0 Å². The maximum absolute atomic E-state index is 13.0. The van der Waals surface area contributed by atoms with Gasteiger partial charge in [0.1, 0.15) is 5.82 Å². The number of halogens is 2. The van der Waals surface area contributed by atoms with Crippen LogP contribution in [-0.2, 0) is 13.0 Å². The van der Waals surface area contributed by atoms with Crippen LogP contribution in [0.4, 0.5) is 4.39 Å². The number of nitrogens with one attached hydrogen (secondary N) is 1. The molecule has 2 aromatic rings. The minimum Gasteiger partial charge on any atom is -0.312 e. The Morgan fingerprint density at radius 3 is 2.56 bits per heavy atom. The van der Waals surface area contributed by atoms with Crippen molar-refractivity contribution >= 4 is 22.6 Å². The monoisotopic (exact) mass is 355 g/mol. The Labute approximate surface area is 121 Å². The molecule has 0 saturated carbocycles. The largest absolute Gasteiger partial charge is 0.312 e. The van der Waals surface area contributed by atoms with Crippen molar-refractivity contribution in [3.63, 3.8) is 0 Å². The van der Waals surface area contributed by atoms with Gasteiger partial charge in [-0.05, 0) is 70.9 Å². The van der Waals surface area contributed by atoms with Crippen molar-refractivity contribution in [3.05, 3.63) is 69.0 Å². The van der Waals surface area contributed by atoms with E-state index in [1.807, 2.05) is 6.07 Å². The fourth-order valence-corrected chi connectivity index (χ4v) is 2.41. The van der Waals surface area contributed by atoms with Crippen LogP contribution in [0.3, 0.4) is 0 Å². The molecular weight excluding hydrogens is 340 g/mol. The number of hydrogen-bond donors (Lipinski definition) is 1. The smallest absolute Gasteiger partial charge is 0.123 e. The Balaban J connectivity index is 1.76. The average molecular weight is 355 g/mol. The highest BCUT2D eigenvalue weighted by atomic mass is 127. The fourth-order valence-electron chi connectivity index (χ4n) is 1.80. The van der Waals surface area contributed by atoms with Gasteiger partial charge in [0.15, 0.2) is 0 Å². The Hall–Kier alpha value is -0.940. The van der Waals surface area contributed by atoms with Gasteiger partial charge in [0, 0.05) is 10.1 Å². The van der Waals surface area contributed by atoms with Gasteiger partial charge in [-0.1, -0.05) is 24.3 Å². The molecule has 1 N–H and O–H groups in total. The Kier molecular flexibility index (Phi) is 5.13. The van der Waals surface area contributed by atoms with Crippen molar-refractivity contribution in [2.45, 2.75) is 13.0 Å². The van der Waals surface area contributed by atoms with Gasteiger partial charge in [0.05, 0.1) is 0 Å². The summed E-state index contributed by atoms with van der Waals surface area (Å²) in [6.45, 7) is 1.71. The highest BCUT2D eigenvalue weighted by molar-refractivity contribution is 14.1. The van der Waals surface area contributed by atoms with Crippen LogP contribution in [0.2, 0.25) is 0 Å². The van der Waals surface area contributed by atoms with E-state index in [-0.39, 0.29) is 5.82 Å². The second kappa shape index (κ2) is 6.85. The van der Waals surface area contributed by atoms with E-state index in [9.17, 15) is 4.39 Å². The SMILES string of the molecule is Fc1cccc(CCNCc2cccc(I)c2)c1. The van der Waals surface area contributed by atoms with Crippen LogP contribution >= 0.6 is 22.6 Å². The predicted octanol–water partition coefficient (Wildman–Crippen LogP) is 3.76. The fraction of sp³-hybridized carbons (Fsp3) is 0.200. The van der Waals surface area contributed by atoms with Crippen molar-refractivity contribution in [1.82, 2.24) is 5.32 Å². The van der Waals surface area contributed by atoms with Gasteiger partial charge in [-0.15, -0.1) is 0 Å². The third-order valence-corrected chi connectivity index (χ3v) is 3.37. The van der Waals surface area contributed by atoms with Crippen LogP contribution in [0.5, 0.6) is 0 Å². The number of hydrogen-bond acceptors (Lipinski definition) is 1. The van der Waals surface area contributed by atoms with E-state index in [0.717, 1.165) is 25.1 Å². The minimum absolute atomic E-state index is 0.162. The van der Waals surface area contributed by atoms with Crippen molar-refractivity contribution in [2.24, 2.45) is 0 Å². The van der Waals surface area contributed by atoms with Crippen LogP contribution in [0, 0.1) is 9.39 Å². The quantitative estimate of drug-likeness (QED) is 0.636. The molecule has 0 spiro atoms. The van der Waals surface area contributed by atoms with Gasteiger partial charge in [-0.2, -0.15) is 0 Å². The maximum atomic E-state index is 13.0. The first-order chi connectivity index (χ1) is 8.74. The lowest BCUT2D eigenvalue weighted by Crippen LogP contribution is -2.16. The Morgan fingerprint density at radius 1 is 1.00 bits per heavy atom. The lowest BCUT2D eigenvalue weighted by atomic mass is 10.1. The summed E-state index contributed by atoms with van der Waals surface area (Å²) in [5, 5.41) is 3.37. The van der Waals surface area contributed by atoms with Crippen LogP contribution in [0.1, 0.15) is 11.1 Å². The van der Waals surface area contributed by atoms with Crippen LogP contribution in [0.25, 0.3) is 0 Å². The molecule has 0 unspecified atom stereocenters. The zero-order valence-corrected chi connectivity index (χ0v) is 12.2. The lowest BCUT2D eigenvalue weighted by Gasteiger charge is -2.05. The first-order valence-electron chi connectivity index (χ1n) is 5.93. The van der Waals surface area contributed by atoms with E-state index in [0.29, 0.717) is 0 Å². The van der Waals surface area contributed by atoms with Gasteiger partial charge in [0.25, 0.3) is 0 Å². The second-order valence-corrected chi connectivity index (χ2v) is 5.43. The summed E-state index contributed by atoms with van der Waals surface area (Å²) in [7, 11) is 0. The molecule has 94 valence electrons. The molecule has 0 aliphatic heterocycles. The molecule has 0 aliphatic carbocycles. The van der Waals surface area contributed by atoms with Gasteiger partial charge in [0.2, 0.25) is 0 Å². The van der Waals surface area contributed by atoms with E-state index in [4.69, 9.17) is 0 Å². The average Bonchev–Trinajstić information content (AvgIpc) is 2.35. The van der Waals surface area contributed by atoms with Gasteiger partial charge < -0.3 is 5.32 Å². The summed E-state index contributed by atoms with van der Waals surface area (Å²) >= 11 is 2.31. The summed E-state index contributed by atoms with van der Waals surface area (Å²) in [6, 6.07) is 15.2. The summed E-state index contributed by atoms with van der Waals surface area (Å²) in [5.74, 6) is -0.162. The molecular formula is C15H15FIN. The molecule has 0 saturated heterocycles. The molecule has 0 bridgehead atoms. The molecule has 0 aliphatic rings. The van der Waals surface area contributed by atoms with E-state index >= 15 is 0 Å². The zero-order chi connectivity index (χ0) is 12.8. The molecule has 0 aromatic heterocycles. The van der Waals surface area contributed by atoms with Crippen molar-refractivity contribution in [2.75, 3.05) is 6.54 Å². The van der Waals surface area contributed by atoms with E-state index in [1.54, 1.807) is 12.1 Å². The van der Waals surface area contributed by atoms with Crippen LogP contribution < -0.4 is 5.32 Å². The van der Waals surface area contributed by atoms with Crippen molar-refractivity contribution < 1.29 is 4.39 Å². The predicted molar refractivity (Wildman–Crippen MR) is 81.0 cm³/mol. The second-order valence-electron chi connectivity index (χ2n) is 4.19. The topological polar surface area (TPSA) is 12.0 Å². The van der Waals surface area contributed by atoms with Crippen molar-refractivity contribution in [1.29, 1.82) is 0 Å². The third-order valence-electron chi connectivity index (χ3n) is 2.70. The summed E-state index contributed by atoms with van der Waals surface area (Å²) in [4.78, 5) is 0. The lowest BCUT2D eigenvalue weighted by molar-refractivity contribution is 0.622. The molecule has 0 heterocycles. The highest BCUT2D eigenvalue weighted by Gasteiger charge is 1.96. The van der Waals surface area contributed by atoms with Gasteiger partial charge >= 0.3 is 0 Å². The minimum atomic E-state index is -0.162. The summed E-state index contributed by atoms with van der Waals surface area (Å²) in [6.07, 6.45) is 0.849. The highest BCUT2D eigenvalue weighted by Crippen LogP contribution is 2.07. The van der Waals surface area contributed by atoms with Gasteiger partial charge in [-0.3, -0.25) is 0 Å². The Bertz CT molecular complexity index is 466. The molecule has 18 heavy (non-hydrogen) atoms. The first-order valence-corrected chi connectivity index (χ1v) is 7.01. The molecule has 0 fully saturated rings. The molecule has 0 radical (unpaired) electrons. The number of benzene rings is 2. The van der Waals surface area contributed by atoms with Crippen molar-refractivity contribution in [3.8, 4) is 0 Å². The standard InChI is InChI=1S/C15H15FIN/c16-14-5-1-3-12(9-14)7-8-18-11-13-4-2-6-15(17)10-13/h1-6,9-10,18H,7-8,11H2. The molecule has 0 atom stereocenters. The number of rotatable bonds is 5. The Morgan fingerprint density at radius 2 is 1.78 bits per heavy atom. The van der Waals surface area contributed by atoms with Crippen LogP contribution in [0.15, 0.2) is 48.5 Å². The summed E-state index contributed by atoms with van der Waals surface area (Å²) in [5.41, 5.74) is 2.31. The molecule has 0 amide bonds. The maximum Gasteiger partial charge on any atom is 0.123 e. The molecule has 2 aromatic carbocycles. The van der Waals surface area contributed by atoms with E-state index in [2.05, 4.69) is 52.2 Å². The summed E-state index contributed by atoms with van der Waals surface area (Å²) < 4.78 is 14.2. The normalized spacial score (nSPS) is 10.6. The molecule has 2 rings (SSSR count). The molecule has 3 heteroatoms. The zero-order valence-electron chi connectivity index (χ0n) is 10.00. The third kappa shape index (κ3) is 4.38. The van der Waals surface area contributed by atoms with Gasteiger partial charge in [-0.25, -0.2) is 4.39 Å².